The maximum atomic E-state index is 13.2. The summed E-state index contributed by atoms with van der Waals surface area (Å²) < 4.78 is 6.95. The number of carbonyl (C=O) groups excluding carboxylic acids is 2. The summed E-state index contributed by atoms with van der Waals surface area (Å²) >= 11 is 0. The summed E-state index contributed by atoms with van der Waals surface area (Å²) in [6, 6.07) is 15.1. The Morgan fingerprint density at radius 1 is 1.15 bits per heavy atom. The van der Waals surface area contributed by atoms with E-state index in [2.05, 4.69) is 22.3 Å². The number of aromatic nitrogens is 3. The van der Waals surface area contributed by atoms with E-state index in [1.54, 1.807) is 18.1 Å². The molecule has 2 unspecified atom stereocenters. The van der Waals surface area contributed by atoms with Gasteiger partial charge in [-0.1, -0.05) is 37.6 Å². The molecule has 0 bridgehead atoms. The Morgan fingerprint density at radius 2 is 1.91 bits per heavy atom. The van der Waals surface area contributed by atoms with Crippen molar-refractivity contribution in [2.45, 2.75) is 38.8 Å². The van der Waals surface area contributed by atoms with E-state index in [9.17, 15) is 9.59 Å². The van der Waals surface area contributed by atoms with Crippen LogP contribution >= 0.6 is 0 Å². The van der Waals surface area contributed by atoms with Gasteiger partial charge in [0.15, 0.2) is 0 Å². The standard InChI is InChI=1S/C25H29N5O3/c1-3-4-13-29-23(31)14-22(24(29)19-7-11-21(33-2)12-8-19)25(32)27-15-18-5-9-20(10-6-18)30-17-26-16-28-30/h5-12,16-17,22,24H,3-4,13-15H2,1-2H3,(H,27,32). The summed E-state index contributed by atoms with van der Waals surface area (Å²) in [6.07, 6.45) is 5.24. The summed E-state index contributed by atoms with van der Waals surface area (Å²) in [6.45, 7) is 3.15. The number of amides is 2. The number of nitrogens with zero attached hydrogens (tertiary/aromatic N) is 4. The molecule has 1 saturated heterocycles. The van der Waals surface area contributed by atoms with Gasteiger partial charge in [0.1, 0.15) is 18.4 Å². The van der Waals surface area contributed by atoms with Gasteiger partial charge in [0.2, 0.25) is 11.8 Å². The third-order valence-corrected chi connectivity index (χ3v) is 6.06. The molecule has 2 atom stereocenters. The first-order valence-corrected chi connectivity index (χ1v) is 11.3. The van der Waals surface area contributed by atoms with Crippen molar-refractivity contribution in [3.05, 3.63) is 72.3 Å². The van der Waals surface area contributed by atoms with Crippen LogP contribution < -0.4 is 10.1 Å². The number of likely N-dealkylation sites (tertiary alicyclic amines) is 1. The number of hydrogen-bond donors (Lipinski definition) is 1. The lowest BCUT2D eigenvalue weighted by molar-refractivity contribution is -0.129. The van der Waals surface area contributed by atoms with E-state index in [0.717, 1.165) is 35.4 Å². The zero-order valence-corrected chi connectivity index (χ0v) is 19.0. The normalized spacial score (nSPS) is 17.9. The zero-order chi connectivity index (χ0) is 23.2. The van der Waals surface area contributed by atoms with Gasteiger partial charge in [-0.2, -0.15) is 5.10 Å². The van der Waals surface area contributed by atoms with Gasteiger partial charge in [-0.15, -0.1) is 0 Å². The molecule has 2 aromatic carbocycles. The average molecular weight is 448 g/mol. The second kappa shape index (κ2) is 10.3. The van der Waals surface area contributed by atoms with Gasteiger partial charge in [-0.05, 0) is 41.8 Å². The van der Waals surface area contributed by atoms with Crippen molar-refractivity contribution in [1.82, 2.24) is 25.0 Å². The van der Waals surface area contributed by atoms with Crippen molar-refractivity contribution in [2.24, 2.45) is 5.92 Å². The van der Waals surface area contributed by atoms with Crippen LogP contribution in [0.15, 0.2) is 61.2 Å². The Labute approximate surface area is 193 Å². The molecule has 2 amide bonds. The van der Waals surface area contributed by atoms with E-state index in [0.29, 0.717) is 13.1 Å². The second-order valence-electron chi connectivity index (χ2n) is 8.19. The minimum absolute atomic E-state index is 0.0293. The molecule has 0 saturated carbocycles. The fraction of sp³-hybridized carbons (Fsp3) is 0.360. The quantitative estimate of drug-likeness (QED) is 0.544. The number of benzene rings is 2. The number of ether oxygens (including phenoxy) is 1. The van der Waals surface area contributed by atoms with E-state index in [1.165, 1.54) is 6.33 Å². The Balaban J connectivity index is 1.47. The van der Waals surface area contributed by atoms with Gasteiger partial charge < -0.3 is 15.0 Å². The van der Waals surface area contributed by atoms with E-state index in [4.69, 9.17) is 4.74 Å². The molecule has 172 valence electrons. The summed E-state index contributed by atoms with van der Waals surface area (Å²) in [7, 11) is 1.62. The van der Waals surface area contributed by atoms with Crippen LogP contribution in [-0.2, 0) is 16.1 Å². The lowest BCUT2D eigenvalue weighted by atomic mass is 9.92. The highest BCUT2D eigenvalue weighted by Gasteiger charge is 2.44. The second-order valence-corrected chi connectivity index (χ2v) is 8.19. The van der Waals surface area contributed by atoms with Gasteiger partial charge >= 0.3 is 0 Å². The van der Waals surface area contributed by atoms with Crippen molar-refractivity contribution in [2.75, 3.05) is 13.7 Å². The molecule has 1 aliphatic rings. The fourth-order valence-electron chi connectivity index (χ4n) is 4.26. The molecule has 3 aromatic rings. The molecule has 33 heavy (non-hydrogen) atoms. The topological polar surface area (TPSA) is 89.4 Å². The summed E-state index contributed by atoms with van der Waals surface area (Å²) in [5.74, 6) is 0.237. The number of methoxy groups -OCH3 is 1. The molecule has 4 rings (SSSR count). The molecule has 0 radical (unpaired) electrons. The van der Waals surface area contributed by atoms with Crippen LogP contribution in [0.25, 0.3) is 5.69 Å². The fourth-order valence-corrected chi connectivity index (χ4v) is 4.26. The highest BCUT2D eigenvalue weighted by molar-refractivity contribution is 5.90. The Bertz CT molecular complexity index is 1060. The lowest BCUT2D eigenvalue weighted by Gasteiger charge is -2.28. The molecular formula is C25H29N5O3. The van der Waals surface area contributed by atoms with Gasteiger partial charge in [-0.3, -0.25) is 9.59 Å². The van der Waals surface area contributed by atoms with Crippen LogP contribution in [0.1, 0.15) is 43.4 Å². The maximum Gasteiger partial charge on any atom is 0.226 e. The minimum Gasteiger partial charge on any atom is -0.497 e. The highest BCUT2D eigenvalue weighted by Crippen LogP contribution is 2.39. The smallest absolute Gasteiger partial charge is 0.226 e. The van der Waals surface area contributed by atoms with Crippen LogP contribution in [0.4, 0.5) is 0 Å². The van der Waals surface area contributed by atoms with Crippen LogP contribution in [0.3, 0.4) is 0 Å². The summed E-state index contributed by atoms with van der Waals surface area (Å²) in [5, 5.41) is 7.15. The van der Waals surface area contributed by atoms with Gasteiger partial charge in [0, 0.05) is 19.5 Å². The number of rotatable bonds is 9. The zero-order valence-electron chi connectivity index (χ0n) is 19.0. The van der Waals surface area contributed by atoms with E-state index < -0.39 is 5.92 Å². The number of carbonyl (C=O) groups is 2. The Kier molecular flexibility index (Phi) is 7.02. The average Bonchev–Trinajstić information content (AvgIpc) is 3.50. The third-order valence-electron chi connectivity index (χ3n) is 6.06. The van der Waals surface area contributed by atoms with E-state index in [-0.39, 0.29) is 24.3 Å². The van der Waals surface area contributed by atoms with E-state index in [1.807, 2.05) is 53.4 Å². The van der Waals surface area contributed by atoms with Gasteiger partial charge in [0.05, 0.1) is 24.8 Å². The molecule has 8 heteroatoms. The first kappa shape index (κ1) is 22.5. The lowest BCUT2D eigenvalue weighted by Crippen LogP contribution is -2.35. The van der Waals surface area contributed by atoms with E-state index >= 15 is 0 Å². The predicted octanol–water partition coefficient (Wildman–Crippen LogP) is 3.28. The number of nitrogens with one attached hydrogen (secondary N) is 1. The Hall–Kier alpha value is -3.68. The van der Waals surface area contributed by atoms with Crippen molar-refractivity contribution in [3.8, 4) is 11.4 Å². The van der Waals surface area contributed by atoms with Crippen molar-refractivity contribution < 1.29 is 14.3 Å². The minimum atomic E-state index is -0.433. The molecule has 1 fully saturated rings. The molecule has 0 spiro atoms. The monoisotopic (exact) mass is 447 g/mol. The molecule has 1 N–H and O–H groups in total. The van der Waals surface area contributed by atoms with Crippen molar-refractivity contribution in [1.29, 1.82) is 0 Å². The molecule has 0 aliphatic carbocycles. The van der Waals surface area contributed by atoms with Crippen LogP contribution in [0.5, 0.6) is 5.75 Å². The number of unbranched alkanes of at least 4 members (excludes halogenated alkanes) is 1. The van der Waals surface area contributed by atoms with Gasteiger partial charge in [0.25, 0.3) is 0 Å². The third kappa shape index (κ3) is 5.05. The van der Waals surface area contributed by atoms with Crippen LogP contribution in [-0.4, -0.2) is 45.1 Å². The number of hydrogen-bond acceptors (Lipinski definition) is 5. The molecule has 1 aliphatic heterocycles. The van der Waals surface area contributed by atoms with Crippen molar-refractivity contribution >= 4 is 11.8 Å². The molecule has 8 nitrogen and oxygen atoms in total. The predicted molar refractivity (Wildman–Crippen MR) is 124 cm³/mol. The highest BCUT2D eigenvalue weighted by atomic mass is 16.5. The van der Waals surface area contributed by atoms with Crippen LogP contribution in [0, 0.1) is 5.92 Å². The largest absolute Gasteiger partial charge is 0.497 e. The first-order chi connectivity index (χ1) is 16.1. The molecule has 1 aromatic heterocycles. The summed E-state index contributed by atoms with van der Waals surface area (Å²) in [4.78, 5) is 31.9. The van der Waals surface area contributed by atoms with Crippen molar-refractivity contribution in [3.63, 3.8) is 0 Å². The summed E-state index contributed by atoms with van der Waals surface area (Å²) in [5.41, 5.74) is 2.82. The first-order valence-electron chi connectivity index (χ1n) is 11.3. The maximum absolute atomic E-state index is 13.2. The SMILES string of the molecule is CCCCN1C(=O)CC(C(=O)NCc2ccc(-n3cncn3)cc2)C1c1ccc(OC)cc1. The molecule has 2 heterocycles. The van der Waals surface area contributed by atoms with Crippen LogP contribution in [0.2, 0.25) is 0 Å². The van der Waals surface area contributed by atoms with Gasteiger partial charge in [-0.25, -0.2) is 9.67 Å². The Morgan fingerprint density at radius 3 is 2.55 bits per heavy atom. The molecular weight excluding hydrogens is 418 g/mol.